The zero-order chi connectivity index (χ0) is 32.8. The molecule has 1 saturated heterocycles. The Morgan fingerprint density at radius 1 is 0.605 bits per heavy atom. The molecule has 0 aromatic heterocycles. The number of hydrogen-bond donors (Lipinski definition) is 2. The smallest absolute Gasteiger partial charge is 0.311 e. The van der Waals surface area contributed by atoms with Crippen LogP contribution in [0.1, 0.15) is 38.5 Å². The summed E-state index contributed by atoms with van der Waals surface area (Å²) < 4.78 is 26.8. The topological polar surface area (TPSA) is 80.6 Å². The SMILES string of the molecule is CN1CC[N+](C)(C)CC(O)COCCCCCCC[Si](C)(C)O[Si](C)(C)O[Si](C)(C)CCCOCC(O)C[N+](C)(C)CC1. The minimum absolute atomic E-state index is 0.376. The van der Waals surface area contributed by atoms with Gasteiger partial charge < -0.3 is 36.9 Å². The Hall–Kier alpha value is 0.291. The van der Waals surface area contributed by atoms with Crippen LogP contribution in [-0.2, 0) is 17.7 Å². The summed E-state index contributed by atoms with van der Waals surface area (Å²) in [7, 11) is 5.01. The Kier molecular flexibility index (Phi) is 18.4. The first-order valence-corrected chi connectivity index (χ1v) is 26.0. The molecule has 2 atom stereocenters. The summed E-state index contributed by atoms with van der Waals surface area (Å²) in [6.07, 6.45) is 5.93. The minimum Gasteiger partial charge on any atom is -0.437 e. The van der Waals surface area contributed by atoms with Crippen LogP contribution in [0.25, 0.3) is 0 Å². The molecule has 0 aromatic rings. The normalized spacial score (nSPS) is 30.6. The predicted molar refractivity (Wildman–Crippen MR) is 187 cm³/mol. The van der Waals surface area contributed by atoms with Crippen molar-refractivity contribution in [3.8, 4) is 0 Å². The first-order chi connectivity index (χ1) is 19.7. The molecular formula is C31H73N3O6Si3+2. The third-order valence-electron chi connectivity index (χ3n) is 8.38. The van der Waals surface area contributed by atoms with E-state index in [1.807, 2.05) is 0 Å². The van der Waals surface area contributed by atoms with Crippen molar-refractivity contribution in [3.63, 3.8) is 0 Å². The molecule has 0 aliphatic carbocycles. The van der Waals surface area contributed by atoms with E-state index in [0.717, 1.165) is 60.6 Å². The van der Waals surface area contributed by atoms with Gasteiger partial charge in [-0.2, -0.15) is 0 Å². The molecule has 9 nitrogen and oxygen atoms in total. The number of rotatable bonds is 0. The second kappa shape index (κ2) is 19.2. The van der Waals surface area contributed by atoms with Gasteiger partial charge in [-0.1, -0.05) is 25.7 Å². The van der Waals surface area contributed by atoms with Crippen LogP contribution in [0, 0.1) is 0 Å². The van der Waals surface area contributed by atoms with Gasteiger partial charge in [-0.25, -0.2) is 0 Å². The third kappa shape index (κ3) is 21.7. The monoisotopic (exact) mass is 667 g/mol. The van der Waals surface area contributed by atoms with E-state index < -0.39 is 37.4 Å². The highest BCUT2D eigenvalue weighted by molar-refractivity contribution is 6.87. The minimum atomic E-state index is -2.22. The second-order valence-corrected chi connectivity index (χ2v) is 28.7. The number of quaternary nitrogens is 2. The fourth-order valence-corrected chi connectivity index (χ4v) is 20.3. The third-order valence-corrected chi connectivity index (χ3v) is 19.9. The summed E-state index contributed by atoms with van der Waals surface area (Å²) in [5, 5.41) is 21.3. The van der Waals surface area contributed by atoms with Gasteiger partial charge >= 0.3 is 8.56 Å². The van der Waals surface area contributed by atoms with Crippen LogP contribution in [0.4, 0.5) is 0 Å². The molecule has 0 bridgehead atoms. The Morgan fingerprint density at radius 3 is 1.49 bits per heavy atom. The molecule has 1 aliphatic heterocycles. The van der Waals surface area contributed by atoms with E-state index in [2.05, 4.69) is 79.4 Å². The Labute approximate surface area is 269 Å². The lowest BCUT2D eigenvalue weighted by atomic mass is 10.2. The van der Waals surface area contributed by atoms with Gasteiger partial charge in [-0.3, -0.25) is 4.90 Å². The van der Waals surface area contributed by atoms with Crippen molar-refractivity contribution in [1.29, 1.82) is 0 Å². The van der Waals surface area contributed by atoms with Gasteiger partial charge in [-0.05, 0) is 71.3 Å². The fraction of sp³-hybridized carbons (Fsp3) is 1.00. The van der Waals surface area contributed by atoms with Gasteiger partial charge in [0.05, 0.1) is 54.5 Å². The molecule has 1 aliphatic rings. The van der Waals surface area contributed by atoms with E-state index in [1.165, 1.54) is 31.7 Å². The van der Waals surface area contributed by atoms with Gasteiger partial charge in [0.15, 0.2) is 16.6 Å². The Morgan fingerprint density at radius 2 is 1.00 bits per heavy atom. The van der Waals surface area contributed by atoms with Gasteiger partial charge in [0.2, 0.25) is 0 Å². The number of likely N-dealkylation sites (N-methyl/N-ethyl adjacent to an activating group) is 3. The predicted octanol–water partition coefficient (Wildman–Crippen LogP) is 4.33. The molecule has 0 spiro atoms. The first-order valence-electron chi connectivity index (χ1n) is 17.0. The molecule has 2 N–H and O–H groups in total. The molecule has 1 heterocycles. The zero-order valence-electron chi connectivity index (χ0n) is 30.3. The zero-order valence-corrected chi connectivity index (χ0v) is 33.3. The maximum atomic E-state index is 10.7. The molecular weight excluding hydrogens is 595 g/mol. The van der Waals surface area contributed by atoms with Crippen molar-refractivity contribution in [2.24, 2.45) is 0 Å². The highest BCUT2D eigenvalue weighted by Gasteiger charge is 2.39. The molecule has 43 heavy (non-hydrogen) atoms. The highest BCUT2D eigenvalue weighted by Crippen LogP contribution is 2.27. The van der Waals surface area contributed by atoms with Gasteiger partial charge in [0, 0.05) is 26.3 Å². The van der Waals surface area contributed by atoms with Crippen molar-refractivity contribution in [3.05, 3.63) is 0 Å². The summed E-state index contributed by atoms with van der Waals surface area (Å²) in [4.78, 5) is 2.36. The number of ether oxygens (including phenoxy) is 2. The van der Waals surface area contributed by atoms with Crippen LogP contribution < -0.4 is 0 Å². The highest BCUT2D eigenvalue weighted by atomic mass is 28.5. The molecule has 12 heteroatoms. The van der Waals surface area contributed by atoms with Crippen molar-refractivity contribution < 1.29 is 36.9 Å². The summed E-state index contributed by atoms with van der Waals surface area (Å²) in [6, 6.07) is 2.21. The second-order valence-electron chi connectivity index (χ2n) is 16.2. The lowest BCUT2D eigenvalue weighted by molar-refractivity contribution is -0.895. The largest absolute Gasteiger partial charge is 0.437 e. The van der Waals surface area contributed by atoms with Crippen molar-refractivity contribution >= 4 is 25.2 Å². The summed E-state index contributed by atoms with van der Waals surface area (Å²) in [6.45, 7) is 21.1. The van der Waals surface area contributed by atoms with Crippen LogP contribution in [0.5, 0.6) is 0 Å². The van der Waals surface area contributed by atoms with E-state index >= 15 is 0 Å². The van der Waals surface area contributed by atoms with E-state index in [-0.39, 0.29) is 0 Å². The number of aliphatic hydroxyl groups is 2. The molecule has 0 amide bonds. The van der Waals surface area contributed by atoms with Crippen molar-refractivity contribution in [2.45, 2.75) is 102 Å². The molecule has 0 radical (unpaired) electrons. The molecule has 0 aromatic carbocycles. The van der Waals surface area contributed by atoms with Crippen LogP contribution in [0.15, 0.2) is 0 Å². The summed E-state index contributed by atoms with van der Waals surface area (Å²) >= 11 is 0. The maximum absolute atomic E-state index is 10.7. The quantitative estimate of drug-likeness (QED) is 0.294. The van der Waals surface area contributed by atoms with Gasteiger partial charge in [0.1, 0.15) is 25.3 Å². The van der Waals surface area contributed by atoms with Crippen molar-refractivity contribution in [2.75, 3.05) is 101 Å². The first kappa shape index (κ1) is 41.3. The molecule has 258 valence electrons. The van der Waals surface area contributed by atoms with E-state index in [4.69, 9.17) is 17.7 Å². The van der Waals surface area contributed by atoms with Crippen LogP contribution in [-0.4, -0.2) is 162 Å². The molecule has 1 rings (SSSR count). The average Bonchev–Trinajstić information content (AvgIpc) is 2.82. The summed E-state index contributed by atoms with van der Waals surface area (Å²) in [5.74, 6) is 0. The maximum Gasteiger partial charge on any atom is 0.311 e. The standard InChI is InChI=1S/C31H73N3O6Si3/c1-32-18-20-33(2,3)26-30(35)28-37-22-15-13-12-14-16-24-41(6,7)39-43(10,11)40-42(8,9)25-17-23-38-29-31(36)27-34(4,5)21-19-32/h30-31,35-36H,12-29H2,1-11H3/q+2. The molecule has 1 fully saturated rings. The Balaban J connectivity index is 2.72. The molecule has 2 unspecified atom stereocenters. The van der Waals surface area contributed by atoms with E-state index in [1.54, 1.807) is 0 Å². The lowest BCUT2D eigenvalue weighted by Gasteiger charge is -2.39. The number of aliphatic hydroxyl groups excluding tert-OH is 2. The molecule has 0 saturated carbocycles. The van der Waals surface area contributed by atoms with E-state index in [0.29, 0.717) is 32.9 Å². The summed E-state index contributed by atoms with van der Waals surface area (Å²) in [5.41, 5.74) is 0. The average molecular weight is 668 g/mol. The van der Waals surface area contributed by atoms with Gasteiger partial charge in [0.25, 0.3) is 0 Å². The number of nitrogens with zero attached hydrogens (tertiary/aromatic N) is 3. The fourth-order valence-electron chi connectivity index (χ4n) is 6.20. The lowest BCUT2D eigenvalue weighted by Crippen LogP contribution is -2.52. The number of hydrogen-bond acceptors (Lipinski definition) is 7. The van der Waals surface area contributed by atoms with Gasteiger partial charge in [-0.15, -0.1) is 0 Å². The van der Waals surface area contributed by atoms with Crippen LogP contribution in [0.2, 0.25) is 51.4 Å². The van der Waals surface area contributed by atoms with Crippen LogP contribution in [0.3, 0.4) is 0 Å². The Bertz CT molecular complexity index is 758. The van der Waals surface area contributed by atoms with E-state index in [9.17, 15) is 10.2 Å². The van der Waals surface area contributed by atoms with Crippen molar-refractivity contribution in [1.82, 2.24) is 4.90 Å². The van der Waals surface area contributed by atoms with Crippen LogP contribution >= 0.6 is 0 Å².